The normalized spacial score (nSPS) is 18.6. The van der Waals surface area contributed by atoms with Gasteiger partial charge in [-0.1, -0.05) is 61.0 Å². The lowest BCUT2D eigenvalue weighted by atomic mass is 9.74. The largest absolute Gasteiger partial charge is 0.496 e. The van der Waals surface area contributed by atoms with E-state index in [-0.39, 0.29) is 24.5 Å². The van der Waals surface area contributed by atoms with Crippen LogP contribution in [0.2, 0.25) is 0 Å². The van der Waals surface area contributed by atoms with Crippen LogP contribution in [0.3, 0.4) is 0 Å². The van der Waals surface area contributed by atoms with Crippen LogP contribution in [0.4, 0.5) is 0 Å². The third kappa shape index (κ3) is 7.43. The number of hydrogen-bond acceptors (Lipinski definition) is 6. The van der Waals surface area contributed by atoms with Crippen molar-refractivity contribution in [3.63, 3.8) is 0 Å². The summed E-state index contributed by atoms with van der Waals surface area (Å²) in [5.74, 6) is 2.83. The van der Waals surface area contributed by atoms with E-state index in [9.17, 15) is 5.11 Å². The molecule has 6 heteroatoms. The topological polar surface area (TPSA) is 66.4 Å². The van der Waals surface area contributed by atoms with Gasteiger partial charge in [-0.3, -0.25) is 0 Å². The molecule has 1 aliphatic rings. The van der Waals surface area contributed by atoms with Crippen molar-refractivity contribution >= 4 is 10.8 Å². The number of para-hydroxylation sites is 1. The molecule has 0 spiro atoms. The summed E-state index contributed by atoms with van der Waals surface area (Å²) in [4.78, 5) is 0. The van der Waals surface area contributed by atoms with Crippen molar-refractivity contribution in [2.45, 2.75) is 50.9 Å². The molecule has 1 aliphatic carbocycles. The van der Waals surface area contributed by atoms with Crippen LogP contribution < -0.4 is 14.2 Å². The fourth-order valence-corrected chi connectivity index (χ4v) is 6.05. The molecule has 1 fully saturated rings. The first-order valence-electron chi connectivity index (χ1n) is 14.9. The summed E-state index contributed by atoms with van der Waals surface area (Å²) in [7, 11) is 3.38. The van der Waals surface area contributed by atoms with Crippen LogP contribution in [0.1, 0.15) is 48.3 Å². The van der Waals surface area contributed by atoms with E-state index in [4.69, 9.17) is 23.7 Å². The predicted octanol–water partition coefficient (Wildman–Crippen LogP) is 7.30. The van der Waals surface area contributed by atoms with E-state index in [0.717, 1.165) is 64.8 Å². The molecular formula is C36H42O6. The molecule has 0 heterocycles. The summed E-state index contributed by atoms with van der Waals surface area (Å²) in [6, 6.07) is 28.7. The summed E-state index contributed by atoms with van der Waals surface area (Å²) < 4.78 is 29.4. The van der Waals surface area contributed by atoms with Gasteiger partial charge < -0.3 is 28.8 Å². The monoisotopic (exact) mass is 570 g/mol. The number of hydrogen-bond donors (Lipinski definition) is 1. The third-order valence-corrected chi connectivity index (χ3v) is 8.19. The average molecular weight is 571 g/mol. The molecule has 0 unspecified atom stereocenters. The van der Waals surface area contributed by atoms with E-state index in [1.165, 1.54) is 5.56 Å². The Kier molecular flexibility index (Phi) is 10.7. The van der Waals surface area contributed by atoms with Gasteiger partial charge in [-0.2, -0.15) is 0 Å². The number of methoxy groups -OCH3 is 2. The third-order valence-electron chi connectivity index (χ3n) is 8.19. The molecule has 1 saturated carbocycles. The summed E-state index contributed by atoms with van der Waals surface area (Å²) in [5, 5.41) is 12.5. The molecule has 42 heavy (non-hydrogen) atoms. The Morgan fingerprint density at radius 3 is 2.38 bits per heavy atom. The lowest BCUT2D eigenvalue weighted by Gasteiger charge is -2.37. The van der Waals surface area contributed by atoms with E-state index in [2.05, 4.69) is 36.4 Å². The lowest BCUT2D eigenvalue weighted by Crippen LogP contribution is -2.34. The van der Waals surface area contributed by atoms with Gasteiger partial charge in [0.25, 0.3) is 0 Å². The summed E-state index contributed by atoms with van der Waals surface area (Å²) in [6.07, 6.45) is 3.84. The highest BCUT2D eigenvalue weighted by Crippen LogP contribution is 2.40. The van der Waals surface area contributed by atoms with Crippen molar-refractivity contribution in [3.05, 3.63) is 102 Å². The fraction of sp³-hybridized carbons (Fsp3) is 0.389. The van der Waals surface area contributed by atoms with Crippen LogP contribution in [0.25, 0.3) is 10.8 Å². The molecule has 0 aromatic heterocycles. The Morgan fingerprint density at radius 2 is 1.57 bits per heavy atom. The first-order chi connectivity index (χ1) is 20.7. The van der Waals surface area contributed by atoms with E-state index in [0.29, 0.717) is 26.4 Å². The van der Waals surface area contributed by atoms with Crippen LogP contribution in [-0.2, 0) is 22.7 Å². The highest BCUT2D eigenvalue weighted by atomic mass is 16.5. The maximum absolute atomic E-state index is 10.2. The lowest BCUT2D eigenvalue weighted by molar-refractivity contribution is -0.0246. The Balaban J connectivity index is 1.15. The van der Waals surface area contributed by atoms with E-state index < -0.39 is 0 Å². The van der Waals surface area contributed by atoms with Gasteiger partial charge >= 0.3 is 0 Å². The number of benzene rings is 4. The van der Waals surface area contributed by atoms with Gasteiger partial charge in [0.15, 0.2) is 0 Å². The molecule has 3 atom stereocenters. The zero-order chi connectivity index (χ0) is 29.1. The van der Waals surface area contributed by atoms with Crippen molar-refractivity contribution in [2.75, 3.05) is 34.0 Å². The molecular weight excluding hydrogens is 528 g/mol. The van der Waals surface area contributed by atoms with Crippen LogP contribution in [0, 0.1) is 5.92 Å². The second-order valence-electron chi connectivity index (χ2n) is 10.9. The molecule has 4 aromatic rings. The van der Waals surface area contributed by atoms with Crippen LogP contribution in [0.5, 0.6) is 17.2 Å². The maximum atomic E-state index is 10.2. The summed E-state index contributed by atoms with van der Waals surface area (Å²) >= 11 is 0. The average Bonchev–Trinajstić information content (AvgIpc) is 3.05. The molecule has 222 valence electrons. The Morgan fingerprint density at radius 1 is 0.786 bits per heavy atom. The zero-order valence-electron chi connectivity index (χ0n) is 24.7. The summed E-state index contributed by atoms with van der Waals surface area (Å²) in [6.45, 7) is 2.36. The van der Waals surface area contributed by atoms with Gasteiger partial charge in [0.05, 0.1) is 46.8 Å². The molecule has 6 nitrogen and oxygen atoms in total. The van der Waals surface area contributed by atoms with Crippen molar-refractivity contribution in [1.82, 2.24) is 0 Å². The van der Waals surface area contributed by atoms with Gasteiger partial charge in [0, 0.05) is 29.9 Å². The van der Waals surface area contributed by atoms with Crippen LogP contribution in [0.15, 0.2) is 84.9 Å². The van der Waals surface area contributed by atoms with Crippen molar-refractivity contribution in [1.29, 1.82) is 0 Å². The summed E-state index contributed by atoms with van der Waals surface area (Å²) in [5.41, 5.74) is 3.31. The van der Waals surface area contributed by atoms with Crippen molar-refractivity contribution in [2.24, 2.45) is 5.92 Å². The van der Waals surface area contributed by atoms with Crippen molar-refractivity contribution < 1.29 is 28.8 Å². The standard InChI is InChI=1S/C36H42O6/c1-38-33-13-6-4-10-30(33)25-40-19-8-20-41-31-17-15-27(16-18-31)36-29(23-37)11-7-14-34(36)42-24-26-21-28-9-3-5-12-32(28)35(22-26)39-2/h3-6,9-10,12-13,15-18,21-22,29,34,36-37H,7-8,11,14,19-20,23-25H2,1-2H3/t29-,34-,36-/m0/s1. The Hall–Kier alpha value is -3.58. The minimum atomic E-state index is 0.0283. The van der Waals surface area contributed by atoms with E-state index >= 15 is 0 Å². The van der Waals surface area contributed by atoms with E-state index in [1.807, 2.05) is 48.5 Å². The molecule has 0 bridgehead atoms. The van der Waals surface area contributed by atoms with Gasteiger partial charge in [-0.05, 0) is 65.6 Å². The quantitative estimate of drug-likeness (QED) is 0.161. The molecule has 0 amide bonds. The Bertz CT molecular complexity index is 1400. The molecule has 1 N–H and O–H groups in total. The van der Waals surface area contributed by atoms with E-state index in [1.54, 1.807) is 14.2 Å². The fourth-order valence-electron chi connectivity index (χ4n) is 6.05. The minimum absolute atomic E-state index is 0.0283. The van der Waals surface area contributed by atoms with Gasteiger partial charge in [-0.15, -0.1) is 0 Å². The molecule has 0 saturated heterocycles. The number of rotatable bonds is 14. The second kappa shape index (κ2) is 15.1. The smallest absolute Gasteiger partial charge is 0.127 e. The first kappa shape index (κ1) is 29.9. The van der Waals surface area contributed by atoms with Gasteiger partial charge in [0.1, 0.15) is 17.2 Å². The maximum Gasteiger partial charge on any atom is 0.127 e. The number of ether oxygens (including phenoxy) is 5. The van der Waals surface area contributed by atoms with Gasteiger partial charge in [0.2, 0.25) is 0 Å². The molecule has 0 radical (unpaired) electrons. The SMILES string of the molecule is COc1ccccc1COCCCOc1ccc([C@H]2[C@H](CO)CCC[C@@H]2OCc2cc(OC)c3ccccc3c2)cc1. The number of aliphatic hydroxyl groups is 1. The number of fused-ring (bicyclic) bond motifs is 1. The van der Waals surface area contributed by atoms with Gasteiger partial charge in [-0.25, -0.2) is 0 Å². The highest BCUT2D eigenvalue weighted by molar-refractivity contribution is 5.89. The zero-order valence-corrected chi connectivity index (χ0v) is 24.7. The van der Waals surface area contributed by atoms with Crippen LogP contribution >= 0.6 is 0 Å². The minimum Gasteiger partial charge on any atom is -0.496 e. The predicted molar refractivity (Wildman–Crippen MR) is 165 cm³/mol. The highest BCUT2D eigenvalue weighted by Gasteiger charge is 2.35. The second-order valence-corrected chi connectivity index (χ2v) is 10.9. The van der Waals surface area contributed by atoms with Crippen LogP contribution in [-0.4, -0.2) is 45.3 Å². The number of aliphatic hydroxyl groups excluding tert-OH is 1. The van der Waals surface area contributed by atoms with Crippen molar-refractivity contribution in [3.8, 4) is 17.2 Å². The first-order valence-corrected chi connectivity index (χ1v) is 14.9. The molecule has 0 aliphatic heterocycles. The molecule has 4 aromatic carbocycles. The Labute approximate surface area is 249 Å². The molecule has 5 rings (SSSR count).